The Kier molecular flexibility index (Phi) is 5.19. The van der Waals surface area contributed by atoms with Gasteiger partial charge in [0.15, 0.2) is 0 Å². The Labute approximate surface area is 170 Å². The van der Waals surface area contributed by atoms with E-state index in [-0.39, 0.29) is 23.2 Å². The summed E-state index contributed by atoms with van der Waals surface area (Å²) in [7, 11) is 0. The van der Waals surface area contributed by atoms with Gasteiger partial charge in [0, 0.05) is 24.2 Å². The van der Waals surface area contributed by atoms with E-state index >= 15 is 0 Å². The number of rotatable bonds is 5. The van der Waals surface area contributed by atoms with Crippen molar-refractivity contribution in [2.75, 3.05) is 19.7 Å². The maximum atomic E-state index is 12.9. The van der Waals surface area contributed by atoms with E-state index < -0.39 is 11.7 Å². The first-order valence-electron chi connectivity index (χ1n) is 9.38. The van der Waals surface area contributed by atoms with Gasteiger partial charge in [-0.15, -0.1) is 0 Å². The molecular formula is C21H18F3N3O3. The van der Waals surface area contributed by atoms with Crippen LogP contribution in [-0.4, -0.2) is 40.6 Å². The van der Waals surface area contributed by atoms with Gasteiger partial charge in [0.2, 0.25) is 11.7 Å². The summed E-state index contributed by atoms with van der Waals surface area (Å²) in [5.74, 6) is 0.824. The van der Waals surface area contributed by atoms with Crippen LogP contribution in [0.15, 0.2) is 53.1 Å². The molecular weight excluding hydrogens is 399 g/mol. The van der Waals surface area contributed by atoms with E-state index in [0.29, 0.717) is 36.9 Å². The van der Waals surface area contributed by atoms with Gasteiger partial charge in [-0.05, 0) is 43.3 Å². The van der Waals surface area contributed by atoms with Crippen molar-refractivity contribution in [3.63, 3.8) is 0 Å². The third kappa shape index (κ3) is 4.00. The summed E-state index contributed by atoms with van der Waals surface area (Å²) in [5, 5.41) is 3.80. The summed E-state index contributed by atoms with van der Waals surface area (Å²) in [6, 6.07) is 11.7. The molecule has 1 fully saturated rings. The van der Waals surface area contributed by atoms with E-state index in [9.17, 15) is 18.0 Å². The number of carbonyl (C=O) groups is 1. The van der Waals surface area contributed by atoms with E-state index in [0.717, 1.165) is 12.1 Å². The minimum absolute atomic E-state index is 0.0902. The predicted molar refractivity (Wildman–Crippen MR) is 101 cm³/mol. The lowest BCUT2D eigenvalue weighted by molar-refractivity contribution is -0.137. The first-order valence-corrected chi connectivity index (χ1v) is 9.38. The number of hydrogen-bond acceptors (Lipinski definition) is 5. The normalized spacial score (nSPS) is 14.5. The molecule has 0 radical (unpaired) electrons. The molecule has 0 unspecified atom stereocenters. The van der Waals surface area contributed by atoms with Crippen molar-refractivity contribution >= 4 is 5.91 Å². The van der Waals surface area contributed by atoms with Crippen LogP contribution in [-0.2, 0) is 6.18 Å². The van der Waals surface area contributed by atoms with Crippen molar-refractivity contribution in [3.8, 4) is 17.1 Å². The largest absolute Gasteiger partial charge is 0.494 e. The summed E-state index contributed by atoms with van der Waals surface area (Å²) in [5.41, 5.74) is -0.00400. The van der Waals surface area contributed by atoms with Gasteiger partial charge in [0.1, 0.15) is 5.75 Å². The SMILES string of the molecule is CCOc1ccc(C(=O)N2CC(c3nc(-c4cccc(C(F)(F)F)c4)no3)C2)cc1. The fraction of sp³-hybridized carbons (Fsp3) is 0.286. The zero-order valence-corrected chi connectivity index (χ0v) is 16.0. The van der Waals surface area contributed by atoms with Gasteiger partial charge < -0.3 is 14.2 Å². The van der Waals surface area contributed by atoms with Gasteiger partial charge in [-0.2, -0.15) is 18.2 Å². The smallest absolute Gasteiger partial charge is 0.416 e. The number of benzene rings is 2. The number of nitrogens with zero attached hydrogens (tertiary/aromatic N) is 3. The molecule has 9 heteroatoms. The highest BCUT2D eigenvalue weighted by Crippen LogP contribution is 2.33. The average molecular weight is 417 g/mol. The molecule has 1 aliphatic heterocycles. The first-order chi connectivity index (χ1) is 14.3. The van der Waals surface area contributed by atoms with E-state index in [1.165, 1.54) is 12.1 Å². The maximum absolute atomic E-state index is 12.9. The number of alkyl halides is 3. The van der Waals surface area contributed by atoms with E-state index in [4.69, 9.17) is 9.26 Å². The average Bonchev–Trinajstić information content (AvgIpc) is 3.17. The lowest BCUT2D eigenvalue weighted by atomic mass is 9.98. The quantitative estimate of drug-likeness (QED) is 0.616. The number of amides is 1. The van der Waals surface area contributed by atoms with Crippen LogP contribution >= 0.6 is 0 Å². The van der Waals surface area contributed by atoms with Gasteiger partial charge in [-0.1, -0.05) is 17.3 Å². The zero-order valence-electron chi connectivity index (χ0n) is 16.0. The molecule has 0 bridgehead atoms. The van der Waals surface area contributed by atoms with Crippen molar-refractivity contribution in [2.24, 2.45) is 0 Å². The number of ether oxygens (including phenoxy) is 1. The molecule has 156 valence electrons. The van der Waals surface area contributed by atoms with Crippen molar-refractivity contribution in [1.29, 1.82) is 0 Å². The Bertz CT molecular complexity index is 1040. The second-order valence-corrected chi connectivity index (χ2v) is 6.90. The molecule has 6 nitrogen and oxygen atoms in total. The number of hydrogen-bond donors (Lipinski definition) is 0. The maximum Gasteiger partial charge on any atom is 0.416 e. The Hall–Kier alpha value is -3.36. The van der Waals surface area contributed by atoms with Crippen LogP contribution in [0.3, 0.4) is 0 Å². The molecule has 3 aromatic rings. The highest BCUT2D eigenvalue weighted by Gasteiger charge is 2.36. The molecule has 1 saturated heterocycles. The third-order valence-corrected chi connectivity index (χ3v) is 4.82. The molecule has 1 aliphatic rings. The first kappa shape index (κ1) is 19.9. The molecule has 0 N–H and O–H groups in total. The molecule has 4 rings (SSSR count). The fourth-order valence-corrected chi connectivity index (χ4v) is 3.20. The molecule has 1 aromatic heterocycles. The van der Waals surface area contributed by atoms with Gasteiger partial charge >= 0.3 is 6.18 Å². The van der Waals surface area contributed by atoms with Gasteiger partial charge in [0.05, 0.1) is 18.1 Å². The monoisotopic (exact) mass is 417 g/mol. The number of carbonyl (C=O) groups excluding carboxylic acids is 1. The molecule has 0 aliphatic carbocycles. The zero-order chi connectivity index (χ0) is 21.3. The summed E-state index contributed by atoms with van der Waals surface area (Å²) in [6.07, 6.45) is -4.45. The summed E-state index contributed by atoms with van der Waals surface area (Å²) >= 11 is 0. The second-order valence-electron chi connectivity index (χ2n) is 6.90. The molecule has 2 heterocycles. The highest BCUT2D eigenvalue weighted by molar-refractivity contribution is 5.95. The van der Waals surface area contributed by atoms with E-state index in [2.05, 4.69) is 10.1 Å². The van der Waals surface area contributed by atoms with Crippen molar-refractivity contribution in [1.82, 2.24) is 15.0 Å². The summed E-state index contributed by atoms with van der Waals surface area (Å²) < 4.78 is 49.3. The molecule has 0 atom stereocenters. The Morgan fingerprint density at radius 3 is 2.60 bits per heavy atom. The standard InChI is InChI=1S/C21H18F3N3O3/c1-2-29-17-8-6-13(7-9-17)20(28)27-11-15(12-27)19-25-18(26-30-19)14-4-3-5-16(10-14)21(22,23)24/h3-10,15H,2,11-12H2,1H3. The molecule has 1 amide bonds. The van der Waals surface area contributed by atoms with Crippen molar-refractivity contribution in [3.05, 3.63) is 65.5 Å². The number of likely N-dealkylation sites (tertiary alicyclic amines) is 1. The topological polar surface area (TPSA) is 68.5 Å². The van der Waals surface area contributed by atoms with Crippen LogP contribution in [0.2, 0.25) is 0 Å². The molecule has 2 aromatic carbocycles. The van der Waals surface area contributed by atoms with Gasteiger partial charge in [0.25, 0.3) is 5.91 Å². The van der Waals surface area contributed by atoms with Gasteiger partial charge in [-0.3, -0.25) is 4.79 Å². The highest BCUT2D eigenvalue weighted by atomic mass is 19.4. The van der Waals surface area contributed by atoms with Crippen LogP contribution in [0.4, 0.5) is 13.2 Å². The second kappa shape index (κ2) is 7.81. The van der Waals surface area contributed by atoms with Crippen LogP contribution in [0.5, 0.6) is 5.75 Å². The van der Waals surface area contributed by atoms with Crippen LogP contribution < -0.4 is 4.74 Å². The molecule has 30 heavy (non-hydrogen) atoms. The molecule has 0 spiro atoms. The van der Waals surface area contributed by atoms with Gasteiger partial charge in [-0.25, -0.2) is 0 Å². The Balaban J connectivity index is 1.40. The summed E-state index contributed by atoms with van der Waals surface area (Å²) in [6.45, 7) is 3.23. The fourth-order valence-electron chi connectivity index (χ4n) is 3.20. The minimum atomic E-state index is -4.45. The molecule has 0 saturated carbocycles. The predicted octanol–water partition coefficient (Wildman–Crippen LogP) is 4.39. The van der Waals surface area contributed by atoms with Crippen LogP contribution in [0.25, 0.3) is 11.4 Å². The number of aromatic nitrogens is 2. The lowest BCUT2D eigenvalue weighted by Crippen LogP contribution is -2.48. The van der Waals surface area contributed by atoms with Crippen LogP contribution in [0, 0.1) is 0 Å². The Morgan fingerprint density at radius 2 is 1.93 bits per heavy atom. The summed E-state index contributed by atoms with van der Waals surface area (Å²) in [4.78, 5) is 18.4. The van der Waals surface area contributed by atoms with E-state index in [1.54, 1.807) is 29.2 Å². The van der Waals surface area contributed by atoms with Crippen molar-refractivity contribution in [2.45, 2.75) is 19.0 Å². The van der Waals surface area contributed by atoms with Crippen molar-refractivity contribution < 1.29 is 27.2 Å². The lowest BCUT2D eigenvalue weighted by Gasteiger charge is -2.37. The Morgan fingerprint density at radius 1 is 1.20 bits per heavy atom. The third-order valence-electron chi connectivity index (χ3n) is 4.82. The van der Waals surface area contributed by atoms with Crippen LogP contribution in [0.1, 0.15) is 34.7 Å². The number of halogens is 3. The minimum Gasteiger partial charge on any atom is -0.494 e. The van der Waals surface area contributed by atoms with E-state index in [1.807, 2.05) is 6.92 Å².